The minimum absolute atomic E-state index is 0.118. The highest BCUT2D eigenvalue weighted by Gasteiger charge is 2.14. The van der Waals surface area contributed by atoms with E-state index in [9.17, 15) is 4.39 Å². The lowest BCUT2D eigenvalue weighted by Crippen LogP contribution is -2.05. The van der Waals surface area contributed by atoms with Crippen molar-refractivity contribution in [1.29, 1.82) is 0 Å². The summed E-state index contributed by atoms with van der Waals surface area (Å²) in [5, 5.41) is 4.10. The summed E-state index contributed by atoms with van der Waals surface area (Å²) in [6, 6.07) is 16.4. The quantitative estimate of drug-likeness (QED) is 0.386. The lowest BCUT2D eigenvalue weighted by molar-refractivity contribution is 0.277. The van der Waals surface area contributed by atoms with Crippen molar-refractivity contribution >= 4 is 17.3 Å². The highest BCUT2D eigenvalue weighted by atomic mass is 35.5. The van der Waals surface area contributed by atoms with Gasteiger partial charge in [0, 0.05) is 28.4 Å². The molecule has 0 aromatic heterocycles. The van der Waals surface area contributed by atoms with Crippen LogP contribution in [0.15, 0.2) is 67.3 Å². The van der Waals surface area contributed by atoms with E-state index in [0.29, 0.717) is 30.0 Å². The zero-order chi connectivity index (χ0) is 21.5. The Labute approximate surface area is 182 Å². The van der Waals surface area contributed by atoms with Crippen LogP contribution in [0.3, 0.4) is 0 Å². The molecule has 0 aliphatic rings. The lowest BCUT2D eigenvalue weighted by Gasteiger charge is -2.17. The van der Waals surface area contributed by atoms with Crippen LogP contribution in [0, 0.1) is 12.7 Å². The van der Waals surface area contributed by atoms with Gasteiger partial charge >= 0.3 is 0 Å². The first kappa shape index (κ1) is 21.7. The van der Waals surface area contributed by atoms with E-state index in [4.69, 9.17) is 21.1 Å². The van der Waals surface area contributed by atoms with E-state index in [0.717, 1.165) is 27.4 Å². The number of ether oxygens (including phenoxy) is 2. The molecule has 0 bridgehead atoms. The third-order valence-corrected chi connectivity index (χ3v) is 5.18. The zero-order valence-electron chi connectivity index (χ0n) is 17.2. The maximum Gasteiger partial charge on any atom is 0.165 e. The summed E-state index contributed by atoms with van der Waals surface area (Å²) in [6.45, 7) is 6.52. The summed E-state index contributed by atoms with van der Waals surface area (Å²) in [5.74, 6) is 0.909. The maximum absolute atomic E-state index is 14.0. The van der Waals surface area contributed by atoms with E-state index < -0.39 is 0 Å². The van der Waals surface area contributed by atoms with Crippen molar-refractivity contribution in [1.82, 2.24) is 0 Å². The number of halogens is 2. The normalized spacial score (nSPS) is 10.5. The maximum atomic E-state index is 14.0. The zero-order valence-corrected chi connectivity index (χ0v) is 17.9. The van der Waals surface area contributed by atoms with Gasteiger partial charge in [-0.15, -0.1) is 6.58 Å². The summed E-state index contributed by atoms with van der Waals surface area (Å²) < 4.78 is 25.5. The number of anilines is 1. The fraction of sp³-hybridized carbons (Fsp3) is 0.200. The van der Waals surface area contributed by atoms with E-state index in [1.165, 1.54) is 6.07 Å². The average molecular weight is 426 g/mol. The molecule has 3 aromatic rings. The van der Waals surface area contributed by atoms with Crippen molar-refractivity contribution in [2.24, 2.45) is 0 Å². The minimum Gasteiger partial charge on any atom is -0.493 e. The molecule has 3 nitrogen and oxygen atoms in total. The topological polar surface area (TPSA) is 30.5 Å². The first-order chi connectivity index (χ1) is 14.5. The SMILES string of the molecule is C=CCc1cc(CNc2ccc(C)c(Cl)c2)cc(OC)c1OCc1ccccc1F. The van der Waals surface area contributed by atoms with Gasteiger partial charge in [0.1, 0.15) is 12.4 Å². The second kappa shape index (κ2) is 10.2. The van der Waals surface area contributed by atoms with Gasteiger partial charge in [-0.25, -0.2) is 4.39 Å². The van der Waals surface area contributed by atoms with Crippen LogP contribution in [-0.2, 0) is 19.6 Å². The van der Waals surface area contributed by atoms with E-state index in [-0.39, 0.29) is 12.4 Å². The second-order valence-electron chi connectivity index (χ2n) is 6.98. The molecule has 0 saturated heterocycles. The Kier molecular flexibility index (Phi) is 7.36. The molecule has 156 valence electrons. The van der Waals surface area contributed by atoms with Gasteiger partial charge in [0.2, 0.25) is 0 Å². The number of methoxy groups -OCH3 is 1. The molecule has 0 atom stereocenters. The monoisotopic (exact) mass is 425 g/mol. The number of nitrogens with one attached hydrogen (secondary N) is 1. The van der Waals surface area contributed by atoms with Crippen molar-refractivity contribution < 1.29 is 13.9 Å². The second-order valence-corrected chi connectivity index (χ2v) is 7.38. The molecule has 0 heterocycles. The molecular weight excluding hydrogens is 401 g/mol. The fourth-order valence-electron chi connectivity index (χ4n) is 3.12. The predicted molar refractivity (Wildman–Crippen MR) is 121 cm³/mol. The van der Waals surface area contributed by atoms with Crippen molar-refractivity contribution in [3.63, 3.8) is 0 Å². The number of rotatable bonds is 9. The van der Waals surface area contributed by atoms with Crippen LogP contribution in [0.2, 0.25) is 5.02 Å². The van der Waals surface area contributed by atoms with Crippen molar-refractivity contribution in [2.75, 3.05) is 12.4 Å². The van der Waals surface area contributed by atoms with Crippen molar-refractivity contribution in [3.05, 3.63) is 100 Å². The van der Waals surface area contributed by atoms with Crippen LogP contribution in [0.25, 0.3) is 0 Å². The average Bonchev–Trinajstić information content (AvgIpc) is 2.74. The molecular formula is C25H25ClFNO2. The highest BCUT2D eigenvalue weighted by molar-refractivity contribution is 6.31. The fourth-order valence-corrected chi connectivity index (χ4v) is 3.30. The Balaban J connectivity index is 1.82. The van der Waals surface area contributed by atoms with Crippen LogP contribution < -0.4 is 14.8 Å². The van der Waals surface area contributed by atoms with Crippen LogP contribution >= 0.6 is 11.6 Å². The molecule has 0 radical (unpaired) electrons. The molecule has 1 N–H and O–H groups in total. The summed E-state index contributed by atoms with van der Waals surface area (Å²) in [4.78, 5) is 0. The molecule has 0 aliphatic carbocycles. The number of hydrogen-bond donors (Lipinski definition) is 1. The first-order valence-electron chi connectivity index (χ1n) is 9.68. The smallest absolute Gasteiger partial charge is 0.165 e. The van der Waals surface area contributed by atoms with Crippen LogP contribution in [-0.4, -0.2) is 7.11 Å². The number of hydrogen-bond acceptors (Lipinski definition) is 3. The Bertz CT molecular complexity index is 1040. The van der Waals surface area contributed by atoms with E-state index >= 15 is 0 Å². The van der Waals surface area contributed by atoms with Gasteiger partial charge in [-0.2, -0.15) is 0 Å². The van der Waals surface area contributed by atoms with Gasteiger partial charge in [-0.3, -0.25) is 0 Å². The predicted octanol–water partition coefficient (Wildman–Crippen LogP) is 6.72. The van der Waals surface area contributed by atoms with Crippen LogP contribution in [0.5, 0.6) is 11.5 Å². The Hall–Kier alpha value is -2.98. The van der Waals surface area contributed by atoms with Crippen LogP contribution in [0.1, 0.15) is 22.3 Å². The van der Waals surface area contributed by atoms with Gasteiger partial charge < -0.3 is 14.8 Å². The summed E-state index contributed by atoms with van der Waals surface area (Å²) >= 11 is 6.21. The van der Waals surface area contributed by atoms with E-state index in [1.807, 2.05) is 43.3 Å². The minimum atomic E-state index is -0.292. The largest absolute Gasteiger partial charge is 0.493 e. The Morgan fingerprint density at radius 3 is 2.60 bits per heavy atom. The highest BCUT2D eigenvalue weighted by Crippen LogP contribution is 2.35. The van der Waals surface area contributed by atoms with Crippen molar-refractivity contribution in [2.45, 2.75) is 26.5 Å². The third kappa shape index (κ3) is 5.33. The number of allylic oxidation sites excluding steroid dienone is 1. The molecule has 0 fully saturated rings. The molecule has 0 saturated carbocycles. The Morgan fingerprint density at radius 2 is 1.90 bits per heavy atom. The number of aryl methyl sites for hydroxylation is 1. The molecule has 30 heavy (non-hydrogen) atoms. The summed E-state index contributed by atoms with van der Waals surface area (Å²) in [5.41, 5.74) is 4.42. The molecule has 0 spiro atoms. The van der Waals surface area contributed by atoms with Crippen molar-refractivity contribution in [3.8, 4) is 11.5 Å². The van der Waals surface area contributed by atoms with Gasteiger partial charge in [0.15, 0.2) is 11.5 Å². The molecule has 5 heteroatoms. The van der Waals surface area contributed by atoms with Gasteiger partial charge in [0.25, 0.3) is 0 Å². The van der Waals surface area contributed by atoms with Gasteiger partial charge in [-0.1, -0.05) is 41.9 Å². The molecule has 0 unspecified atom stereocenters. The standard InChI is InChI=1S/C25H25ClFNO2/c1-4-7-19-12-18(15-28-21-11-10-17(2)22(26)14-21)13-24(29-3)25(19)30-16-20-8-5-6-9-23(20)27/h4-6,8-14,28H,1,7,15-16H2,2-3H3. The van der Waals surface area contributed by atoms with Gasteiger partial charge in [-0.05, 0) is 54.8 Å². The van der Waals surface area contributed by atoms with E-state index in [1.54, 1.807) is 25.3 Å². The number of benzene rings is 3. The lowest BCUT2D eigenvalue weighted by atomic mass is 10.0. The third-order valence-electron chi connectivity index (χ3n) is 4.77. The molecule has 0 aliphatic heterocycles. The molecule has 0 amide bonds. The van der Waals surface area contributed by atoms with Gasteiger partial charge in [0.05, 0.1) is 7.11 Å². The summed E-state index contributed by atoms with van der Waals surface area (Å²) in [6.07, 6.45) is 2.41. The molecule has 3 aromatic carbocycles. The first-order valence-corrected chi connectivity index (χ1v) is 10.1. The Morgan fingerprint density at radius 1 is 1.10 bits per heavy atom. The molecule has 3 rings (SSSR count). The van der Waals surface area contributed by atoms with E-state index in [2.05, 4.69) is 11.9 Å². The summed E-state index contributed by atoms with van der Waals surface area (Å²) in [7, 11) is 1.60. The van der Waals surface area contributed by atoms with Crippen LogP contribution in [0.4, 0.5) is 10.1 Å².